The molecular formula is C20H17F2NO4. The first kappa shape index (κ1) is 18.6. The van der Waals surface area contributed by atoms with Gasteiger partial charge in [0.25, 0.3) is 0 Å². The van der Waals surface area contributed by atoms with Crippen molar-refractivity contribution < 1.29 is 28.2 Å². The molecule has 27 heavy (non-hydrogen) atoms. The Hall–Kier alpha value is -3.22. The number of esters is 1. The van der Waals surface area contributed by atoms with Gasteiger partial charge in [-0.05, 0) is 36.2 Å². The van der Waals surface area contributed by atoms with Crippen molar-refractivity contribution in [1.29, 1.82) is 0 Å². The predicted molar refractivity (Wildman–Crippen MR) is 94.9 cm³/mol. The normalized spacial score (nSPS) is 14.1. The Morgan fingerprint density at radius 2 is 1.96 bits per heavy atom. The molecule has 0 atom stereocenters. The summed E-state index contributed by atoms with van der Waals surface area (Å²) in [6.45, 7) is 1.57. The lowest BCUT2D eigenvalue weighted by atomic mass is 10.1. The molecule has 3 rings (SSSR count). The van der Waals surface area contributed by atoms with Crippen LogP contribution >= 0.6 is 0 Å². The monoisotopic (exact) mass is 373 g/mol. The fourth-order valence-electron chi connectivity index (χ4n) is 2.97. The zero-order valence-corrected chi connectivity index (χ0v) is 14.8. The van der Waals surface area contributed by atoms with Crippen molar-refractivity contribution in [3.63, 3.8) is 0 Å². The molecule has 0 aliphatic carbocycles. The molecule has 0 fully saturated rings. The summed E-state index contributed by atoms with van der Waals surface area (Å²) in [6, 6.07) is 8.49. The molecule has 1 aliphatic rings. The minimum atomic E-state index is -0.918. The van der Waals surface area contributed by atoms with Gasteiger partial charge in [-0.25, -0.2) is 13.6 Å². The number of methoxy groups -OCH3 is 1. The fourth-order valence-corrected chi connectivity index (χ4v) is 2.97. The number of aliphatic hydroxyl groups excluding tert-OH is 1. The number of hydrogen-bond acceptors (Lipinski definition) is 4. The number of anilines is 1. The summed E-state index contributed by atoms with van der Waals surface area (Å²) in [5.41, 5.74) is 0.447. The number of ether oxygens (including phenoxy) is 1. The van der Waals surface area contributed by atoms with Crippen LogP contribution in [0.5, 0.6) is 0 Å². The van der Waals surface area contributed by atoms with Gasteiger partial charge in [-0.3, -0.25) is 4.79 Å². The largest absolute Gasteiger partial charge is 0.507 e. The number of carbonyl (C=O) groups is 2. The summed E-state index contributed by atoms with van der Waals surface area (Å²) in [7, 11) is 1.10. The minimum Gasteiger partial charge on any atom is -0.507 e. The number of carbonyl (C=O) groups excluding carboxylic acids is 2. The Kier molecular flexibility index (Phi) is 4.94. The maximum Gasteiger partial charge on any atom is 0.338 e. The van der Waals surface area contributed by atoms with Gasteiger partial charge >= 0.3 is 5.97 Å². The summed E-state index contributed by atoms with van der Waals surface area (Å²) in [4.78, 5) is 26.0. The SMILES string of the molecule is COC(=O)C1=C(O)c2c(F)cccc2N(Cc2ccc(C)c(F)c2)C(=O)C1. The zero-order valence-electron chi connectivity index (χ0n) is 14.8. The molecule has 0 unspecified atom stereocenters. The number of rotatable bonds is 3. The molecule has 2 aromatic carbocycles. The second kappa shape index (κ2) is 7.19. The number of aryl methyl sites for hydroxylation is 1. The van der Waals surface area contributed by atoms with Gasteiger partial charge in [0.1, 0.15) is 17.4 Å². The van der Waals surface area contributed by atoms with Crippen LogP contribution in [-0.2, 0) is 20.9 Å². The summed E-state index contributed by atoms with van der Waals surface area (Å²) in [5.74, 6) is -3.32. The molecule has 7 heteroatoms. The smallest absolute Gasteiger partial charge is 0.338 e. The Morgan fingerprint density at radius 3 is 2.63 bits per heavy atom. The summed E-state index contributed by atoms with van der Waals surface area (Å²) < 4.78 is 32.9. The molecule has 1 aliphatic heterocycles. The van der Waals surface area contributed by atoms with E-state index in [1.807, 2.05) is 0 Å². The molecule has 1 heterocycles. The number of halogens is 2. The lowest BCUT2D eigenvalue weighted by molar-refractivity contribution is -0.137. The van der Waals surface area contributed by atoms with E-state index in [9.17, 15) is 23.5 Å². The van der Waals surface area contributed by atoms with Crippen LogP contribution in [-0.4, -0.2) is 24.1 Å². The van der Waals surface area contributed by atoms with E-state index in [1.165, 1.54) is 23.1 Å². The lowest BCUT2D eigenvalue weighted by Crippen LogP contribution is -2.31. The second-order valence-electron chi connectivity index (χ2n) is 6.19. The van der Waals surface area contributed by atoms with Crippen LogP contribution in [0, 0.1) is 18.6 Å². The van der Waals surface area contributed by atoms with Gasteiger partial charge in [-0.2, -0.15) is 0 Å². The van der Waals surface area contributed by atoms with Gasteiger partial charge in [0.2, 0.25) is 5.91 Å². The molecule has 0 radical (unpaired) electrons. The molecule has 140 valence electrons. The third kappa shape index (κ3) is 3.40. The summed E-state index contributed by atoms with van der Waals surface area (Å²) in [6.07, 6.45) is -0.471. The quantitative estimate of drug-likeness (QED) is 0.834. The standard InChI is InChI=1S/C20H17F2NO4/c1-11-6-7-12(8-15(11)22)10-23-16-5-3-4-14(21)18(16)19(25)13(9-17(23)24)20(26)27-2/h3-8,25H,9-10H2,1-2H3. The number of nitrogens with zero attached hydrogens (tertiary/aromatic N) is 1. The maximum absolute atomic E-state index is 14.5. The van der Waals surface area contributed by atoms with Crippen molar-refractivity contribution >= 4 is 23.3 Å². The average Bonchev–Trinajstić information content (AvgIpc) is 2.75. The van der Waals surface area contributed by atoms with Gasteiger partial charge in [0.05, 0.1) is 36.9 Å². The minimum absolute atomic E-state index is 0.0474. The van der Waals surface area contributed by atoms with Crippen molar-refractivity contribution in [3.8, 4) is 0 Å². The van der Waals surface area contributed by atoms with Gasteiger partial charge in [0, 0.05) is 0 Å². The van der Waals surface area contributed by atoms with Crippen LogP contribution < -0.4 is 4.90 Å². The fraction of sp³-hybridized carbons (Fsp3) is 0.200. The highest BCUT2D eigenvalue weighted by Crippen LogP contribution is 2.36. The number of fused-ring (bicyclic) bond motifs is 1. The molecule has 5 nitrogen and oxygen atoms in total. The van der Waals surface area contributed by atoms with E-state index in [2.05, 4.69) is 4.74 Å². The number of amides is 1. The van der Waals surface area contributed by atoms with E-state index in [1.54, 1.807) is 19.1 Å². The third-order valence-corrected chi connectivity index (χ3v) is 4.44. The van der Waals surface area contributed by atoms with Crippen LogP contribution in [0.3, 0.4) is 0 Å². The van der Waals surface area contributed by atoms with Gasteiger partial charge in [-0.1, -0.05) is 18.2 Å². The van der Waals surface area contributed by atoms with Crippen molar-refractivity contribution in [2.75, 3.05) is 12.0 Å². The highest BCUT2D eigenvalue weighted by molar-refractivity contribution is 6.09. The van der Waals surface area contributed by atoms with Gasteiger partial charge < -0.3 is 14.7 Å². The predicted octanol–water partition coefficient (Wildman–Crippen LogP) is 3.65. The van der Waals surface area contributed by atoms with E-state index in [0.29, 0.717) is 11.1 Å². The molecule has 0 aromatic heterocycles. The number of aliphatic hydroxyl groups is 1. The topological polar surface area (TPSA) is 66.8 Å². The van der Waals surface area contributed by atoms with E-state index in [0.717, 1.165) is 13.2 Å². The zero-order chi connectivity index (χ0) is 19.7. The van der Waals surface area contributed by atoms with Crippen molar-refractivity contribution in [1.82, 2.24) is 0 Å². The first-order valence-corrected chi connectivity index (χ1v) is 8.18. The first-order chi connectivity index (χ1) is 12.8. The van der Waals surface area contributed by atoms with Crippen molar-refractivity contribution in [2.24, 2.45) is 0 Å². The highest BCUT2D eigenvalue weighted by Gasteiger charge is 2.33. The Bertz CT molecular complexity index is 968. The molecule has 0 saturated heterocycles. The van der Waals surface area contributed by atoms with Crippen molar-refractivity contribution in [3.05, 3.63) is 70.3 Å². The Morgan fingerprint density at radius 1 is 1.22 bits per heavy atom. The van der Waals surface area contributed by atoms with E-state index >= 15 is 0 Å². The van der Waals surface area contributed by atoms with E-state index < -0.39 is 35.7 Å². The molecule has 0 spiro atoms. The molecular weight excluding hydrogens is 356 g/mol. The summed E-state index contributed by atoms with van der Waals surface area (Å²) in [5, 5.41) is 10.5. The van der Waals surface area contributed by atoms with Crippen LogP contribution in [0.2, 0.25) is 0 Å². The van der Waals surface area contributed by atoms with Crippen LogP contribution in [0.4, 0.5) is 14.5 Å². The molecule has 2 aromatic rings. The number of benzene rings is 2. The Balaban J connectivity index is 2.12. The average molecular weight is 373 g/mol. The maximum atomic E-state index is 14.5. The molecule has 1 amide bonds. The van der Waals surface area contributed by atoms with Gasteiger partial charge in [0.15, 0.2) is 0 Å². The van der Waals surface area contributed by atoms with Crippen molar-refractivity contribution in [2.45, 2.75) is 19.9 Å². The van der Waals surface area contributed by atoms with E-state index in [4.69, 9.17) is 0 Å². The van der Waals surface area contributed by atoms with Crippen LogP contribution in [0.1, 0.15) is 23.1 Å². The summed E-state index contributed by atoms with van der Waals surface area (Å²) >= 11 is 0. The molecule has 0 bridgehead atoms. The van der Waals surface area contributed by atoms with E-state index in [-0.39, 0.29) is 23.4 Å². The molecule has 0 saturated carbocycles. The molecule has 1 N–H and O–H groups in total. The third-order valence-electron chi connectivity index (χ3n) is 4.44. The second-order valence-corrected chi connectivity index (χ2v) is 6.19. The highest BCUT2D eigenvalue weighted by atomic mass is 19.1. The number of hydrogen-bond donors (Lipinski definition) is 1. The lowest BCUT2D eigenvalue weighted by Gasteiger charge is -2.23. The first-order valence-electron chi connectivity index (χ1n) is 8.18. The van der Waals surface area contributed by atoms with Crippen LogP contribution in [0.25, 0.3) is 5.76 Å². The van der Waals surface area contributed by atoms with Crippen LogP contribution in [0.15, 0.2) is 42.0 Å². The Labute approximate surface area is 154 Å². The van der Waals surface area contributed by atoms with Gasteiger partial charge in [-0.15, -0.1) is 0 Å².